The number of rotatable bonds is 6. The number of nitrogens with zero attached hydrogens (tertiary/aromatic N) is 2. The molecule has 0 atom stereocenters. The van der Waals surface area contributed by atoms with Crippen LogP contribution in [0.15, 0.2) is 47.4 Å². The van der Waals surface area contributed by atoms with Crippen molar-refractivity contribution in [2.45, 2.75) is 26.2 Å². The molecule has 5 N–H and O–H groups in total. The summed E-state index contributed by atoms with van der Waals surface area (Å²) >= 11 is 1.05. The van der Waals surface area contributed by atoms with Gasteiger partial charge in [-0.3, -0.25) is 19.9 Å². The number of halogens is 1. The van der Waals surface area contributed by atoms with Crippen molar-refractivity contribution in [3.63, 3.8) is 0 Å². The van der Waals surface area contributed by atoms with Gasteiger partial charge in [0.25, 0.3) is 0 Å². The van der Waals surface area contributed by atoms with Crippen molar-refractivity contribution in [1.29, 1.82) is 0 Å². The van der Waals surface area contributed by atoms with Crippen LogP contribution < -0.4 is 15.6 Å². The van der Waals surface area contributed by atoms with E-state index in [1.165, 1.54) is 29.6 Å². The van der Waals surface area contributed by atoms with Crippen molar-refractivity contribution < 1.29 is 9.18 Å². The van der Waals surface area contributed by atoms with E-state index in [1.54, 1.807) is 12.3 Å². The third kappa shape index (κ3) is 5.64. The molecule has 0 fully saturated rings. The topological polar surface area (TPSA) is 106 Å². The highest BCUT2D eigenvalue weighted by atomic mass is 32.2. The van der Waals surface area contributed by atoms with Crippen LogP contribution in [-0.4, -0.2) is 24.0 Å². The number of carbonyl (C=O) groups excluding carboxylic acids is 1. The zero-order chi connectivity index (χ0) is 20.4. The number of aldehydes is 1. The van der Waals surface area contributed by atoms with Gasteiger partial charge in [0.1, 0.15) is 5.82 Å². The molecule has 8 heteroatoms. The predicted octanol–water partition coefficient (Wildman–Crippen LogP) is 3.43. The van der Waals surface area contributed by atoms with Crippen LogP contribution in [0.1, 0.15) is 24.5 Å². The van der Waals surface area contributed by atoms with E-state index >= 15 is 0 Å². The van der Waals surface area contributed by atoms with E-state index in [4.69, 9.17) is 10.9 Å². The van der Waals surface area contributed by atoms with Crippen LogP contribution in [0.5, 0.6) is 0 Å². The molecule has 3 rings (SSSR count). The number of pyridine rings is 1. The smallest absolute Gasteiger partial charge is 0.165 e. The molecule has 1 aromatic heterocycles. The Bertz CT molecular complexity index is 870. The van der Waals surface area contributed by atoms with Crippen molar-refractivity contribution in [1.82, 2.24) is 4.98 Å². The fraction of sp³-hybridized carbons (Fsp3) is 0.250. The molecule has 1 heterocycles. The van der Waals surface area contributed by atoms with Gasteiger partial charge >= 0.3 is 0 Å². The molecule has 1 aliphatic carbocycles. The van der Waals surface area contributed by atoms with Gasteiger partial charge in [0.05, 0.1) is 17.6 Å². The quantitative estimate of drug-likeness (QED) is 0.296. The molecule has 0 saturated carbocycles. The molecular formula is C20H24FN5OS. The normalized spacial score (nSPS) is 13.0. The number of nitrogens with two attached hydrogens (primary N) is 2. The summed E-state index contributed by atoms with van der Waals surface area (Å²) in [6.45, 7) is 2.62. The summed E-state index contributed by atoms with van der Waals surface area (Å²) in [5.41, 5.74) is 10.2. The number of benzene rings is 1. The second-order valence-corrected chi connectivity index (χ2v) is 6.43. The Labute approximate surface area is 168 Å². The number of aliphatic imine (C=N–C) groups is 1. The maximum absolute atomic E-state index is 13.9. The molecule has 1 aliphatic rings. The van der Waals surface area contributed by atoms with Crippen molar-refractivity contribution in [3.8, 4) is 11.1 Å². The second-order valence-electron chi connectivity index (χ2n) is 5.99. The molecule has 148 valence electrons. The van der Waals surface area contributed by atoms with Gasteiger partial charge in [0.15, 0.2) is 6.29 Å². The number of allylic oxidation sites excluding steroid dienone is 2. The largest absolute Gasteiger partial charge is 0.396 e. The molecule has 2 aromatic rings. The average Bonchev–Trinajstić information content (AvgIpc) is 3.19. The molecule has 0 saturated heterocycles. The molecular weight excluding hydrogens is 377 g/mol. The lowest BCUT2D eigenvalue weighted by molar-refractivity contribution is -0.104. The minimum Gasteiger partial charge on any atom is -0.396 e. The van der Waals surface area contributed by atoms with Gasteiger partial charge in [0, 0.05) is 42.2 Å². The number of hydrogen-bond donors (Lipinski definition) is 3. The summed E-state index contributed by atoms with van der Waals surface area (Å²) in [4.78, 5) is 17.5. The van der Waals surface area contributed by atoms with Crippen molar-refractivity contribution >= 4 is 30.3 Å². The van der Waals surface area contributed by atoms with Gasteiger partial charge in [-0.05, 0) is 49.5 Å². The molecule has 0 unspecified atom stereocenters. The van der Waals surface area contributed by atoms with Crippen LogP contribution in [0.25, 0.3) is 11.1 Å². The van der Waals surface area contributed by atoms with Gasteiger partial charge in [-0.15, -0.1) is 0 Å². The Morgan fingerprint density at radius 1 is 1.36 bits per heavy atom. The van der Waals surface area contributed by atoms with Crippen LogP contribution in [0.2, 0.25) is 0 Å². The van der Waals surface area contributed by atoms with Gasteiger partial charge < -0.3 is 10.5 Å². The fourth-order valence-electron chi connectivity index (χ4n) is 2.94. The van der Waals surface area contributed by atoms with E-state index in [0.29, 0.717) is 18.4 Å². The SMILES string of the molecule is CCN=C/C=C(\N)C=O.NSNc1c(-c2ccncc2F)ccc2c1CCC2. The zero-order valence-corrected chi connectivity index (χ0v) is 16.5. The minimum absolute atomic E-state index is 0.201. The van der Waals surface area contributed by atoms with Crippen LogP contribution in [0.3, 0.4) is 0 Å². The molecule has 0 amide bonds. The average molecular weight is 402 g/mol. The van der Waals surface area contributed by atoms with Crippen LogP contribution >= 0.6 is 12.1 Å². The number of fused-ring (bicyclic) bond motifs is 1. The third-order valence-electron chi connectivity index (χ3n) is 4.20. The van der Waals surface area contributed by atoms with Crippen LogP contribution in [-0.2, 0) is 17.6 Å². The lowest BCUT2D eigenvalue weighted by Crippen LogP contribution is -2.00. The monoisotopic (exact) mass is 401 g/mol. The minimum atomic E-state index is -0.314. The predicted molar refractivity (Wildman–Crippen MR) is 114 cm³/mol. The van der Waals surface area contributed by atoms with Crippen LogP contribution in [0.4, 0.5) is 10.1 Å². The summed E-state index contributed by atoms with van der Waals surface area (Å²) in [6.07, 6.45) is 9.65. The first kappa shape index (κ1) is 21.6. The molecule has 0 bridgehead atoms. The molecule has 0 radical (unpaired) electrons. The Morgan fingerprint density at radius 3 is 2.86 bits per heavy atom. The summed E-state index contributed by atoms with van der Waals surface area (Å²) in [7, 11) is 0. The Kier molecular flexibility index (Phi) is 8.64. The lowest BCUT2D eigenvalue weighted by Gasteiger charge is -2.15. The third-order valence-corrected chi connectivity index (χ3v) is 4.52. The molecule has 6 nitrogen and oxygen atoms in total. The van der Waals surface area contributed by atoms with Crippen LogP contribution in [0, 0.1) is 5.82 Å². The Hall–Kier alpha value is -2.71. The Morgan fingerprint density at radius 2 is 2.18 bits per heavy atom. The van der Waals surface area contributed by atoms with Gasteiger partial charge in [-0.25, -0.2) is 4.39 Å². The van der Waals surface area contributed by atoms with E-state index in [0.717, 1.165) is 42.6 Å². The zero-order valence-electron chi connectivity index (χ0n) is 15.7. The molecule has 28 heavy (non-hydrogen) atoms. The maximum Gasteiger partial charge on any atom is 0.165 e. The number of aromatic nitrogens is 1. The summed E-state index contributed by atoms with van der Waals surface area (Å²) < 4.78 is 17.0. The van der Waals surface area contributed by atoms with E-state index in [1.807, 2.05) is 13.0 Å². The number of nitrogens with one attached hydrogen (secondary N) is 1. The number of hydrogen-bond acceptors (Lipinski definition) is 7. The highest BCUT2D eigenvalue weighted by Crippen LogP contribution is 2.38. The van der Waals surface area contributed by atoms with Crippen molar-refractivity contribution in [2.24, 2.45) is 15.9 Å². The first-order valence-corrected chi connectivity index (χ1v) is 9.77. The fourth-order valence-corrected chi connectivity index (χ4v) is 3.29. The molecule has 1 aromatic carbocycles. The second kappa shape index (κ2) is 11.2. The summed E-state index contributed by atoms with van der Waals surface area (Å²) in [5.74, 6) is -0.314. The molecule has 0 aliphatic heterocycles. The summed E-state index contributed by atoms with van der Waals surface area (Å²) in [6, 6.07) is 5.74. The van der Waals surface area contributed by atoms with E-state index in [2.05, 4.69) is 20.8 Å². The highest BCUT2D eigenvalue weighted by molar-refractivity contribution is 7.98. The standard InChI is InChI=1S/C14H14FN3S.C6H10N2O/c15-13-8-17-7-6-11(13)12-5-4-9-2-1-3-10(9)14(12)18-19-16;1-2-8-4-3-6(7)5-9/h4-8,18H,1-3,16H2;3-5H,2,7H2,1H3/b;6-3-,8-4?. The van der Waals surface area contributed by atoms with E-state index in [9.17, 15) is 9.18 Å². The van der Waals surface area contributed by atoms with E-state index < -0.39 is 0 Å². The Balaban J connectivity index is 0.000000266. The number of carbonyl (C=O) groups is 1. The molecule has 0 spiro atoms. The summed E-state index contributed by atoms with van der Waals surface area (Å²) in [5, 5.41) is 5.54. The lowest BCUT2D eigenvalue weighted by atomic mass is 9.98. The van der Waals surface area contributed by atoms with Crippen molar-refractivity contribution in [3.05, 3.63) is 59.3 Å². The van der Waals surface area contributed by atoms with Gasteiger partial charge in [-0.1, -0.05) is 12.1 Å². The van der Waals surface area contributed by atoms with Crippen molar-refractivity contribution in [2.75, 3.05) is 11.3 Å². The van der Waals surface area contributed by atoms with Gasteiger partial charge in [-0.2, -0.15) is 0 Å². The highest BCUT2D eigenvalue weighted by Gasteiger charge is 2.19. The first-order chi connectivity index (χ1) is 13.6. The number of aryl methyl sites for hydroxylation is 1. The van der Waals surface area contributed by atoms with E-state index in [-0.39, 0.29) is 11.5 Å². The van der Waals surface area contributed by atoms with Gasteiger partial charge in [0.2, 0.25) is 0 Å². The first-order valence-electron chi connectivity index (χ1n) is 8.89. The number of anilines is 1. The maximum atomic E-state index is 13.9.